The number of rotatable bonds is 4. The maximum Gasteiger partial charge on any atom is 0.221 e. The Kier molecular flexibility index (Phi) is 3.62. The summed E-state index contributed by atoms with van der Waals surface area (Å²) < 4.78 is 6.00. The van der Waals surface area contributed by atoms with E-state index in [1.54, 1.807) is 0 Å². The van der Waals surface area contributed by atoms with Gasteiger partial charge in [-0.05, 0) is 32.3 Å². The third-order valence-corrected chi connectivity index (χ3v) is 3.93. The second-order valence-electron chi connectivity index (χ2n) is 5.25. The molecule has 1 heterocycles. The highest BCUT2D eigenvalue weighted by molar-refractivity contribution is 6.30. The number of ether oxygens (including phenoxy) is 1. The first-order valence-electron chi connectivity index (χ1n) is 6.91. The van der Waals surface area contributed by atoms with Gasteiger partial charge in [0.1, 0.15) is 17.1 Å². The van der Waals surface area contributed by atoms with Gasteiger partial charge in [0.2, 0.25) is 5.88 Å². The fourth-order valence-corrected chi connectivity index (χ4v) is 2.25. The molecule has 1 aliphatic carbocycles. The monoisotopic (exact) mass is 288 g/mol. The number of hydrogen-bond donors (Lipinski definition) is 0. The molecule has 3 nitrogen and oxygen atoms in total. The molecule has 0 spiro atoms. The van der Waals surface area contributed by atoms with E-state index < -0.39 is 0 Å². The molecule has 4 heteroatoms. The fraction of sp³-hybridized carbons (Fsp3) is 0.375. The first-order chi connectivity index (χ1) is 9.65. The molecule has 0 amide bonds. The van der Waals surface area contributed by atoms with Crippen molar-refractivity contribution in [3.8, 4) is 5.88 Å². The molecule has 20 heavy (non-hydrogen) atoms. The topological polar surface area (TPSA) is 35.0 Å². The van der Waals surface area contributed by atoms with Crippen molar-refractivity contribution in [2.24, 2.45) is 0 Å². The molecular formula is C16H17ClN2O. The highest BCUT2D eigenvalue weighted by Crippen LogP contribution is 2.40. The molecule has 2 aromatic rings. The maximum atomic E-state index is 6.19. The summed E-state index contributed by atoms with van der Waals surface area (Å²) in [7, 11) is 0. The molecule has 0 saturated heterocycles. The van der Waals surface area contributed by atoms with Crippen LogP contribution in [0.4, 0.5) is 0 Å². The number of hydrogen-bond acceptors (Lipinski definition) is 3. The van der Waals surface area contributed by atoms with Crippen LogP contribution in [0.1, 0.15) is 48.7 Å². The van der Waals surface area contributed by atoms with E-state index in [1.165, 1.54) is 0 Å². The normalized spacial score (nSPS) is 15.9. The largest absolute Gasteiger partial charge is 0.469 e. The van der Waals surface area contributed by atoms with Gasteiger partial charge in [-0.2, -0.15) is 4.98 Å². The predicted octanol–water partition coefficient (Wildman–Crippen LogP) is 4.46. The van der Waals surface area contributed by atoms with Gasteiger partial charge in [0.25, 0.3) is 0 Å². The molecule has 1 unspecified atom stereocenters. The molecule has 1 fully saturated rings. The minimum atomic E-state index is -0.0621. The van der Waals surface area contributed by atoms with Crippen LogP contribution in [0.3, 0.4) is 0 Å². The van der Waals surface area contributed by atoms with Crippen LogP contribution in [-0.2, 0) is 0 Å². The van der Waals surface area contributed by atoms with Crippen molar-refractivity contribution < 1.29 is 4.74 Å². The number of nitrogens with zero attached hydrogens (tertiary/aromatic N) is 2. The van der Waals surface area contributed by atoms with Crippen molar-refractivity contribution in [1.29, 1.82) is 0 Å². The van der Waals surface area contributed by atoms with Crippen LogP contribution in [0.25, 0.3) is 0 Å². The third-order valence-electron chi connectivity index (χ3n) is 3.56. The molecule has 0 N–H and O–H groups in total. The van der Waals surface area contributed by atoms with Gasteiger partial charge in [-0.1, -0.05) is 41.9 Å². The highest BCUT2D eigenvalue weighted by Gasteiger charge is 2.28. The van der Waals surface area contributed by atoms with Crippen LogP contribution in [-0.4, -0.2) is 9.97 Å². The molecule has 104 valence electrons. The Morgan fingerprint density at radius 3 is 2.55 bits per heavy atom. The molecule has 1 aromatic heterocycles. The summed E-state index contributed by atoms with van der Waals surface area (Å²) >= 11 is 6.19. The summed E-state index contributed by atoms with van der Waals surface area (Å²) in [5.41, 5.74) is 1.92. The van der Waals surface area contributed by atoms with E-state index in [1.807, 2.05) is 44.2 Å². The third kappa shape index (κ3) is 2.78. The van der Waals surface area contributed by atoms with Gasteiger partial charge >= 0.3 is 0 Å². The molecule has 0 bridgehead atoms. The van der Waals surface area contributed by atoms with Gasteiger partial charge in [-0.25, -0.2) is 4.98 Å². The Morgan fingerprint density at radius 2 is 1.90 bits per heavy atom. The Morgan fingerprint density at radius 1 is 1.20 bits per heavy atom. The Balaban J connectivity index is 1.86. The zero-order valence-corrected chi connectivity index (χ0v) is 12.4. The number of halogens is 1. The van der Waals surface area contributed by atoms with Gasteiger partial charge in [0, 0.05) is 11.5 Å². The molecular weight excluding hydrogens is 272 g/mol. The Bertz CT molecular complexity index is 611. The molecule has 0 aliphatic heterocycles. The zero-order chi connectivity index (χ0) is 14.1. The van der Waals surface area contributed by atoms with Gasteiger partial charge in [-0.15, -0.1) is 0 Å². The van der Waals surface area contributed by atoms with Gasteiger partial charge in [0.05, 0.1) is 0 Å². The highest BCUT2D eigenvalue weighted by atomic mass is 35.5. The van der Waals surface area contributed by atoms with Crippen molar-refractivity contribution in [3.05, 3.63) is 52.4 Å². The summed E-state index contributed by atoms with van der Waals surface area (Å²) in [4.78, 5) is 8.89. The van der Waals surface area contributed by atoms with E-state index in [0.717, 1.165) is 29.8 Å². The molecule has 1 aliphatic rings. The standard InChI is InChI=1S/C16H17ClN2O/c1-10-14(17)18-15(13-8-9-13)19-16(10)20-11(2)12-6-4-3-5-7-12/h3-7,11,13H,8-9H2,1-2H3. The maximum absolute atomic E-state index is 6.19. The molecule has 0 radical (unpaired) electrons. The Labute approximate surface area is 124 Å². The van der Waals surface area contributed by atoms with E-state index >= 15 is 0 Å². The Hall–Kier alpha value is -1.61. The molecule has 1 saturated carbocycles. The van der Waals surface area contributed by atoms with Gasteiger partial charge in [0.15, 0.2) is 0 Å². The molecule has 3 rings (SSSR count). The number of aromatic nitrogens is 2. The lowest BCUT2D eigenvalue weighted by Gasteiger charge is -2.16. The average molecular weight is 289 g/mol. The lowest BCUT2D eigenvalue weighted by Crippen LogP contribution is -2.08. The quantitative estimate of drug-likeness (QED) is 0.779. The summed E-state index contributed by atoms with van der Waals surface area (Å²) in [5, 5.41) is 0.497. The van der Waals surface area contributed by atoms with Crippen LogP contribution in [0.2, 0.25) is 5.15 Å². The van der Waals surface area contributed by atoms with E-state index in [2.05, 4.69) is 9.97 Å². The van der Waals surface area contributed by atoms with Gasteiger partial charge in [-0.3, -0.25) is 0 Å². The van der Waals surface area contributed by atoms with Crippen molar-refractivity contribution in [2.45, 2.75) is 38.7 Å². The van der Waals surface area contributed by atoms with Crippen molar-refractivity contribution >= 4 is 11.6 Å². The van der Waals surface area contributed by atoms with Crippen LogP contribution in [0.5, 0.6) is 5.88 Å². The van der Waals surface area contributed by atoms with Crippen LogP contribution in [0, 0.1) is 6.92 Å². The fourth-order valence-electron chi connectivity index (χ4n) is 2.08. The second-order valence-corrected chi connectivity index (χ2v) is 5.61. The van der Waals surface area contributed by atoms with Gasteiger partial charge < -0.3 is 4.74 Å². The van der Waals surface area contributed by atoms with Crippen molar-refractivity contribution in [1.82, 2.24) is 9.97 Å². The van der Waals surface area contributed by atoms with E-state index in [9.17, 15) is 0 Å². The SMILES string of the molecule is Cc1c(Cl)nc(C2CC2)nc1OC(C)c1ccccc1. The van der Waals surface area contributed by atoms with E-state index in [4.69, 9.17) is 16.3 Å². The summed E-state index contributed by atoms with van der Waals surface area (Å²) in [6.45, 7) is 3.91. The molecule has 1 aromatic carbocycles. The first-order valence-corrected chi connectivity index (χ1v) is 7.28. The van der Waals surface area contributed by atoms with E-state index in [0.29, 0.717) is 17.0 Å². The molecule has 1 atom stereocenters. The number of benzene rings is 1. The van der Waals surface area contributed by atoms with Crippen molar-refractivity contribution in [2.75, 3.05) is 0 Å². The van der Waals surface area contributed by atoms with Crippen LogP contribution in [0.15, 0.2) is 30.3 Å². The minimum Gasteiger partial charge on any atom is -0.469 e. The zero-order valence-electron chi connectivity index (χ0n) is 11.6. The van der Waals surface area contributed by atoms with Crippen LogP contribution < -0.4 is 4.74 Å². The summed E-state index contributed by atoms with van der Waals surface area (Å²) in [6, 6.07) is 10.1. The second kappa shape index (κ2) is 5.41. The minimum absolute atomic E-state index is 0.0621. The predicted molar refractivity (Wildman–Crippen MR) is 79.2 cm³/mol. The summed E-state index contributed by atoms with van der Waals surface area (Å²) in [5.74, 6) is 1.88. The smallest absolute Gasteiger partial charge is 0.221 e. The lowest BCUT2D eigenvalue weighted by atomic mass is 10.1. The van der Waals surface area contributed by atoms with E-state index in [-0.39, 0.29) is 6.10 Å². The summed E-state index contributed by atoms with van der Waals surface area (Å²) in [6.07, 6.45) is 2.23. The van der Waals surface area contributed by atoms with Crippen molar-refractivity contribution in [3.63, 3.8) is 0 Å². The average Bonchev–Trinajstić information content (AvgIpc) is 3.29. The first kappa shape index (κ1) is 13.4. The van der Waals surface area contributed by atoms with Crippen LogP contribution >= 0.6 is 11.6 Å². The lowest BCUT2D eigenvalue weighted by molar-refractivity contribution is 0.214.